The number of nitrogens with zero attached hydrogens (tertiary/aromatic N) is 3. The van der Waals surface area contributed by atoms with E-state index in [-0.39, 0.29) is 17.5 Å². The van der Waals surface area contributed by atoms with Gasteiger partial charge in [0.2, 0.25) is 15.9 Å². The van der Waals surface area contributed by atoms with Crippen molar-refractivity contribution in [2.75, 3.05) is 26.3 Å². The van der Waals surface area contributed by atoms with Gasteiger partial charge in [-0.05, 0) is 38.0 Å². The predicted molar refractivity (Wildman–Crippen MR) is 96.6 cm³/mol. The number of fused-ring (bicyclic) bond motifs is 1. The molecule has 1 aromatic heterocycles. The highest BCUT2D eigenvalue weighted by Crippen LogP contribution is 2.33. The maximum atomic E-state index is 13.1. The highest BCUT2D eigenvalue weighted by Gasteiger charge is 2.32. The summed E-state index contributed by atoms with van der Waals surface area (Å²) < 4.78 is 44.4. The molecule has 0 bridgehead atoms. The molecule has 4 rings (SSSR count). The lowest BCUT2D eigenvalue weighted by Gasteiger charge is -2.32. The van der Waals surface area contributed by atoms with E-state index in [4.69, 9.17) is 14.2 Å². The van der Waals surface area contributed by atoms with E-state index in [0.717, 1.165) is 12.1 Å². The second-order valence-corrected chi connectivity index (χ2v) is 8.50. The number of piperidine rings is 1. The topological polar surface area (TPSA) is 90.9 Å². The molecule has 0 unspecified atom stereocenters. The molecule has 1 fully saturated rings. The summed E-state index contributed by atoms with van der Waals surface area (Å²) in [5.41, 5.74) is 0.800. The number of sulfonamides is 1. The van der Waals surface area contributed by atoms with Crippen molar-refractivity contribution in [1.29, 1.82) is 0 Å². The highest BCUT2D eigenvalue weighted by molar-refractivity contribution is 7.89. The molecule has 27 heavy (non-hydrogen) atoms. The van der Waals surface area contributed by atoms with Crippen molar-refractivity contribution in [2.24, 2.45) is 0 Å². The first-order chi connectivity index (χ1) is 13.0. The van der Waals surface area contributed by atoms with Gasteiger partial charge < -0.3 is 14.2 Å². The Morgan fingerprint density at radius 1 is 1.11 bits per heavy atom. The van der Waals surface area contributed by atoms with Crippen LogP contribution in [0, 0.1) is 6.92 Å². The number of benzene rings is 1. The SMILES string of the molecule is Cc1ccc(O[C@@H]2CCCN(S(=O)(=O)c3ccc4c(c3)OCCO4)C2)nn1. The van der Waals surface area contributed by atoms with Crippen molar-refractivity contribution in [3.63, 3.8) is 0 Å². The second-order valence-electron chi connectivity index (χ2n) is 6.56. The van der Waals surface area contributed by atoms with Gasteiger partial charge in [-0.2, -0.15) is 9.40 Å². The zero-order chi connectivity index (χ0) is 18.9. The lowest BCUT2D eigenvalue weighted by atomic mass is 10.1. The first-order valence-corrected chi connectivity index (χ1v) is 10.3. The average molecular weight is 391 g/mol. The van der Waals surface area contributed by atoms with Crippen molar-refractivity contribution in [3.05, 3.63) is 36.0 Å². The normalized spacial score (nSPS) is 20.3. The fraction of sp³-hybridized carbons (Fsp3) is 0.444. The van der Waals surface area contributed by atoms with Crippen LogP contribution in [0.3, 0.4) is 0 Å². The van der Waals surface area contributed by atoms with Gasteiger partial charge in [0.25, 0.3) is 0 Å². The first kappa shape index (κ1) is 18.0. The molecule has 0 radical (unpaired) electrons. The lowest BCUT2D eigenvalue weighted by Crippen LogP contribution is -2.44. The molecule has 8 nitrogen and oxygen atoms in total. The lowest BCUT2D eigenvalue weighted by molar-refractivity contribution is 0.123. The molecule has 9 heteroatoms. The molecule has 2 aliphatic rings. The summed E-state index contributed by atoms with van der Waals surface area (Å²) in [4.78, 5) is 0.197. The monoisotopic (exact) mass is 391 g/mol. The molecule has 0 spiro atoms. The third-order valence-corrected chi connectivity index (χ3v) is 6.41. The molecular formula is C18H21N3O5S. The van der Waals surface area contributed by atoms with Gasteiger partial charge >= 0.3 is 0 Å². The number of hydrogen-bond acceptors (Lipinski definition) is 7. The first-order valence-electron chi connectivity index (χ1n) is 8.89. The largest absolute Gasteiger partial charge is 0.486 e. The molecule has 1 saturated heterocycles. The predicted octanol–water partition coefficient (Wildman–Crippen LogP) is 1.79. The summed E-state index contributed by atoms with van der Waals surface area (Å²) in [6.45, 7) is 3.45. The Balaban J connectivity index is 1.50. The minimum Gasteiger partial charge on any atom is -0.486 e. The van der Waals surface area contributed by atoms with E-state index in [9.17, 15) is 8.42 Å². The average Bonchev–Trinajstić information content (AvgIpc) is 2.69. The quantitative estimate of drug-likeness (QED) is 0.785. The Kier molecular flexibility index (Phi) is 4.88. The van der Waals surface area contributed by atoms with Gasteiger partial charge in [-0.1, -0.05) is 0 Å². The van der Waals surface area contributed by atoms with Crippen molar-refractivity contribution >= 4 is 10.0 Å². The summed E-state index contributed by atoms with van der Waals surface area (Å²) in [5, 5.41) is 7.96. The van der Waals surface area contributed by atoms with Crippen LogP contribution >= 0.6 is 0 Å². The van der Waals surface area contributed by atoms with Gasteiger partial charge in [0.05, 0.1) is 17.1 Å². The smallest absolute Gasteiger partial charge is 0.243 e. The van der Waals surface area contributed by atoms with E-state index in [2.05, 4.69) is 10.2 Å². The van der Waals surface area contributed by atoms with E-state index in [1.165, 1.54) is 10.4 Å². The summed E-state index contributed by atoms with van der Waals surface area (Å²) >= 11 is 0. The number of ether oxygens (including phenoxy) is 3. The van der Waals surface area contributed by atoms with E-state index >= 15 is 0 Å². The van der Waals surface area contributed by atoms with Crippen molar-refractivity contribution in [2.45, 2.75) is 30.8 Å². The van der Waals surface area contributed by atoms with Crippen LogP contribution in [0.25, 0.3) is 0 Å². The summed E-state index contributed by atoms with van der Waals surface area (Å²) in [6.07, 6.45) is 1.22. The number of aryl methyl sites for hydroxylation is 1. The summed E-state index contributed by atoms with van der Waals surface area (Å²) in [5.74, 6) is 1.43. The zero-order valence-corrected chi connectivity index (χ0v) is 15.8. The highest BCUT2D eigenvalue weighted by atomic mass is 32.2. The molecule has 0 amide bonds. The number of hydrogen-bond donors (Lipinski definition) is 0. The van der Waals surface area contributed by atoms with Crippen molar-refractivity contribution < 1.29 is 22.6 Å². The van der Waals surface area contributed by atoms with Crippen LogP contribution in [-0.4, -0.2) is 55.3 Å². The maximum Gasteiger partial charge on any atom is 0.243 e. The molecule has 0 aliphatic carbocycles. The Hall–Kier alpha value is -2.39. The fourth-order valence-electron chi connectivity index (χ4n) is 3.17. The molecular weight excluding hydrogens is 370 g/mol. The van der Waals surface area contributed by atoms with Gasteiger partial charge in [0.1, 0.15) is 19.3 Å². The molecule has 1 atom stereocenters. The number of aromatic nitrogens is 2. The minimum atomic E-state index is -3.65. The third kappa shape index (κ3) is 3.84. The molecule has 2 aromatic rings. The van der Waals surface area contributed by atoms with Crippen LogP contribution in [0.1, 0.15) is 18.5 Å². The standard InChI is InChI=1S/C18H21N3O5S/c1-13-4-7-18(20-19-13)26-14-3-2-8-21(12-14)27(22,23)15-5-6-16-17(11-15)25-10-9-24-16/h4-7,11,14H,2-3,8-10,12H2,1H3/t14-/m1/s1. The molecule has 3 heterocycles. The third-order valence-electron chi connectivity index (χ3n) is 4.55. The summed E-state index contributed by atoms with van der Waals surface area (Å²) in [7, 11) is -3.65. The van der Waals surface area contributed by atoms with Gasteiger partial charge in [0.15, 0.2) is 11.5 Å². The van der Waals surface area contributed by atoms with Gasteiger partial charge in [0, 0.05) is 18.7 Å². The van der Waals surface area contributed by atoms with Crippen LogP contribution in [0.4, 0.5) is 0 Å². The minimum absolute atomic E-state index is 0.197. The zero-order valence-electron chi connectivity index (χ0n) is 15.0. The van der Waals surface area contributed by atoms with E-state index in [0.29, 0.717) is 43.6 Å². The molecule has 0 N–H and O–H groups in total. The fourth-order valence-corrected chi connectivity index (χ4v) is 4.70. The maximum absolute atomic E-state index is 13.1. The molecule has 0 saturated carbocycles. The van der Waals surface area contributed by atoms with Gasteiger partial charge in [-0.15, -0.1) is 5.10 Å². The van der Waals surface area contributed by atoms with Crippen LogP contribution in [-0.2, 0) is 10.0 Å². The van der Waals surface area contributed by atoms with E-state index in [1.54, 1.807) is 18.2 Å². The van der Waals surface area contributed by atoms with Crippen molar-refractivity contribution in [1.82, 2.24) is 14.5 Å². The van der Waals surface area contributed by atoms with Crippen LogP contribution < -0.4 is 14.2 Å². The van der Waals surface area contributed by atoms with Crippen LogP contribution in [0.2, 0.25) is 0 Å². The van der Waals surface area contributed by atoms with Crippen LogP contribution in [0.5, 0.6) is 17.4 Å². The molecule has 2 aliphatic heterocycles. The van der Waals surface area contributed by atoms with Crippen molar-refractivity contribution in [3.8, 4) is 17.4 Å². The van der Waals surface area contributed by atoms with E-state index < -0.39 is 10.0 Å². The number of rotatable bonds is 4. The molecule has 1 aromatic carbocycles. The van der Waals surface area contributed by atoms with Crippen LogP contribution in [0.15, 0.2) is 35.2 Å². The molecule has 144 valence electrons. The Morgan fingerprint density at radius 2 is 1.93 bits per heavy atom. The Morgan fingerprint density at radius 3 is 2.70 bits per heavy atom. The van der Waals surface area contributed by atoms with Gasteiger partial charge in [-0.25, -0.2) is 8.42 Å². The second kappa shape index (κ2) is 7.32. The Bertz CT molecular complexity index is 917. The summed E-state index contributed by atoms with van der Waals surface area (Å²) in [6, 6.07) is 8.28. The van der Waals surface area contributed by atoms with E-state index in [1.807, 2.05) is 13.0 Å². The Labute approximate surface area is 158 Å². The van der Waals surface area contributed by atoms with Gasteiger partial charge in [-0.3, -0.25) is 0 Å².